The van der Waals surface area contributed by atoms with Gasteiger partial charge in [-0.3, -0.25) is 0 Å². The van der Waals surface area contributed by atoms with Gasteiger partial charge in [0.1, 0.15) is 11.5 Å². The second-order valence-electron chi connectivity index (χ2n) is 15.4. The molecule has 0 N–H and O–H groups in total. The predicted molar refractivity (Wildman–Crippen MR) is 235 cm³/mol. The summed E-state index contributed by atoms with van der Waals surface area (Å²) in [6, 6.07) is 64.6. The van der Waals surface area contributed by atoms with Crippen LogP contribution in [0.4, 0.5) is 45.5 Å². The van der Waals surface area contributed by atoms with Gasteiger partial charge in [0.05, 0.1) is 0 Å². The van der Waals surface area contributed by atoms with Crippen LogP contribution in [0.2, 0.25) is 0 Å². The molecule has 0 saturated carbocycles. The Hall–Kier alpha value is -6.91. The fourth-order valence-corrected chi connectivity index (χ4v) is 9.78. The molecule has 0 bridgehead atoms. The maximum atomic E-state index is 6.98. The minimum atomic E-state index is -0.0850. The molecule has 4 nitrogen and oxygen atoms in total. The first-order chi connectivity index (χ1) is 27.6. The quantitative estimate of drug-likeness (QED) is 0.169. The summed E-state index contributed by atoms with van der Waals surface area (Å²) in [5.74, 6) is 1.86. The minimum Gasteiger partial charge on any atom is -0.458 e. The van der Waals surface area contributed by atoms with E-state index >= 15 is 0 Å². The summed E-state index contributed by atoms with van der Waals surface area (Å²) in [7, 11) is 0. The number of rotatable bonds is 4. The Morgan fingerprint density at radius 3 is 1.77 bits per heavy atom. The molecular formula is C50H35B2N3O. The van der Waals surface area contributed by atoms with Crippen LogP contribution in [0.25, 0.3) is 11.1 Å². The van der Waals surface area contributed by atoms with E-state index in [0.717, 1.165) is 39.9 Å². The van der Waals surface area contributed by atoms with E-state index < -0.39 is 0 Å². The van der Waals surface area contributed by atoms with Crippen LogP contribution in [0.15, 0.2) is 176 Å². The van der Waals surface area contributed by atoms with Crippen molar-refractivity contribution in [3.63, 3.8) is 0 Å². The van der Waals surface area contributed by atoms with E-state index in [-0.39, 0.29) is 13.6 Å². The Morgan fingerprint density at radius 2 is 1.05 bits per heavy atom. The first-order valence-corrected chi connectivity index (χ1v) is 19.5. The topological polar surface area (TPSA) is 19.0 Å². The molecule has 0 radical (unpaired) electrons. The summed E-state index contributed by atoms with van der Waals surface area (Å²) in [5.41, 5.74) is 20.6. The van der Waals surface area contributed by atoms with E-state index in [9.17, 15) is 0 Å². The highest BCUT2D eigenvalue weighted by atomic mass is 16.5. The van der Waals surface area contributed by atoms with Crippen LogP contribution in [-0.2, 0) is 0 Å². The van der Waals surface area contributed by atoms with E-state index in [1.807, 2.05) is 0 Å². The van der Waals surface area contributed by atoms with Crippen LogP contribution in [0.1, 0.15) is 11.1 Å². The van der Waals surface area contributed by atoms with Gasteiger partial charge in [0, 0.05) is 51.1 Å². The van der Waals surface area contributed by atoms with Crippen molar-refractivity contribution < 1.29 is 4.74 Å². The SMILES string of the molecule is Cc1ccc(N(c2ccc(C)cc2)c2ccc3c(c2)N(c2ccccc2)B2c4ccccc4N4c5ccccc5B5c6ccccc6Oc6cc-3c2c4c65)cc1. The first kappa shape index (κ1) is 31.4. The van der Waals surface area contributed by atoms with Gasteiger partial charge in [-0.05, 0) is 120 Å². The number of anilines is 8. The van der Waals surface area contributed by atoms with Crippen LogP contribution in [-0.4, -0.2) is 13.6 Å². The molecule has 12 rings (SSSR count). The van der Waals surface area contributed by atoms with Gasteiger partial charge in [-0.1, -0.05) is 114 Å². The smallest absolute Gasteiger partial charge is 0.333 e. The largest absolute Gasteiger partial charge is 0.458 e. The molecule has 8 aromatic carbocycles. The molecule has 6 heteroatoms. The maximum absolute atomic E-state index is 6.98. The highest BCUT2D eigenvalue weighted by Crippen LogP contribution is 2.50. The third-order valence-electron chi connectivity index (χ3n) is 12.2. The Bertz CT molecular complexity index is 2850. The summed E-state index contributed by atoms with van der Waals surface area (Å²) in [6.45, 7) is 4.26. The van der Waals surface area contributed by atoms with Gasteiger partial charge in [0.2, 0.25) is 0 Å². The Kier molecular flexibility index (Phi) is 6.62. The van der Waals surface area contributed by atoms with E-state index in [0.29, 0.717) is 0 Å². The number of hydrogen-bond donors (Lipinski definition) is 0. The molecule has 0 fully saturated rings. The lowest BCUT2D eigenvalue weighted by atomic mass is 9.32. The summed E-state index contributed by atoms with van der Waals surface area (Å²) in [6.07, 6.45) is 0. The fraction of sp³-hybridized carbons (Fsp3) is 0.0400. The van der Waals surface area contributed by atoms with Crippen molar-refractivity contribution in [1.29, 1.82) is 0 Å². The summed E-state index contributed by atoms with van der Waals surface area (Å²) < 4.78 is 6.98. The molecule has 56 heavy (non-hydrogen) atoms. The number of fused-ring (bicyclic) bond motifs is 10. The predicted octanol–water partition coefficient (Wildman–Crippen LogP) is 9.42. The molecule has 0 aromatic heterocycles. The molecule has 0 saturated heterocycles. The summed E-state index contributed by atoms with van der Waals surface area (Å²) in [5, 5.41) is 0. The van der Waals surface area contributed by atoms with Crippen molar-refractivity contribution in [2.45, 2.75) is 13.8 Å². The molecule has 0 unspecified atom stereocenters. The molecule has 0 atom stereocenters. The molecule has 0 aliphatic carbocycles. The molecule has 0 spiro atoms. The summed E-state index contributed by atoms with van der Waals surface area (Å²) >= 11 is 0. The Morgan fingerprint density at radius 1 is 0.464 bits per heavy atom. The zero-order chi connectivity index (χ0) is 37.1. The highest BCUT2D eigenvalue weighted by molar-refractivity contribution is 7.01. The number of ether oxygens (including phenoxy) is 1. The van der Waals surface area contributed by atoms with E-state index in [1.165, 1.54) is 66.6 Å². The highest BCUT2D eigenvalue weighted by Gasteiger charge is 2.51. The van der Waals surface area contributed by atoms with Crippen molar-refractivity contribution in [2.75, 3.05) is 14.6 Å². The maximum Gasteiger partial charge on any atom is 0.333 e. The van der Waals surface area contributed by atoms with Gasteiger partial charge in [0.15, 0.2) is 0 Å². The van der Waals surface area contributed by atoms with E-state index in [4.69, 9.17) is 4.74 Å². The first-order valence-electron chi connectivity index (χ1n) is 19.5. The molecule has 262 valence electrons. The standard InChI is InChI=1S/C50H35B2N3O/c1-32-20-24-34(25-21-32)53(35-26-22-33(2)23-27-35)37-28-29-38-39-31-47-49-50-48(39)52(55(45(38)30-37)36-12-4-3-5-13-36)41-15-7-10-18-44(41)54(50)43-17-9-6-14-40(43)51(49)42-16-8-11-19-46(42)56-47/h3-31H,1-2H3. The zero-order valence-electron chi connectivity index (χ0n) is 31.1. The molecule has 0 amide bonds. The normalized spacial score (nSPS) is 13.5. The number of benzene rings is 8. The second-order valence-corrected chi connectivity index (χ2v) is 15.4. The van der Waals surface area contributed by atoms with Crippen LogP contribution in [0, 0.1) is 13.8 Å². The molecule has 8 aromatic rings. The zero-order valence-corrected chi connectivity index (χ0v) is 31.1. The van der Waals surface area contributed by atoms with Gasteiger partial charge in [-0.15, -0.1) is 0 Å². The molecular weight excluding hydrogens is 680 g/mol. The van der Waals surface area contributed by atoms with Crippen molar-refractivity contribution in [3.8, 4) is 22.6 Å². The van der Waals surface area contributed by atoms with Gasteiger partial charge in [-0.2, -0.15) is 0 Å². The van der Waals surface area contributed by atoms with Crippen molar-refractivity contribution in [2.24, 2.45) is 0 Å². The third kappa shape index (κ3) is 4.38. The lowest BCUT2D eigenvalue weighted by Crippen LogP contribution is -2.68. The fourth-order valence-electron chi connectivity index (χ4n) is 9.78. The molecule has 4 aliphatic rings. The number of hydrogen-bond acceptors (Lipinski definition) is 4. The number of nitrogens with zero attached hydrogens (tertiary/aromatic N) is 3. The van der Waals surface area contributed by atoms with Gasteiger partial charge in [-0.25, -0.2) is 0 Å². The van der Waals surface area contributed by atoms with Crippen molar-refractivity contribution >= 4 is 86.4 Å². The Balaban J connectivity index is 1.18. The van der Waals surface area contributed by atoms with Crippen LogP contribution in [0.3, 0.4) is 0 Å². The Labute approximate surface area is 328 Å². The van der Waals surface area contributed by atoms with Crippen LogP contribution >= 0.6 is 0 Å². The number of para-hydroxylation sites is 4. The second kappa shape index (κ2) is 11.8. The monoisotopic (exact) mass is 715 g/mol. The molecule has 4 aliphatic heterocycles. The van der Waals surface area contributed by atoms with E-state index in [2.05, 4.69) is 204 Å². The van der Waals surface area contributed by atoms with E-state index in [1.54, 1.807) is 0 Å². The third-order valence-corrected chi connectivity index (χ3v) is 12.2. The molecule has 4 heterocycles. The summed E-state index contributed by atoms with van der Waals surface area (Å²) in [4.78, 5) is 7.51. The lowest BCUT2D eigenvalue weighted by Gasteiger charge is -2.50. The lowest BCUT2D eigenvalue weighted by molar-refractivity contribution is 0.488. The van der Waals surface area contributed by atoms with Gasteiger partial charge >= 0.3 is 6.85 Å². The average molecular weight is 715 g/mol. The number of aryl methyl sites for hydroxylation is 2. The average Bonchev–Trinajstić information content (AvgIpc) is 3.25. The van der Waals surface area contributed by atoms with Gasteiger partial charge in [0.25, 0.3) is 6.71 Å². The van der Waals surface area contributed by atoms with Crippen molar-refractivity contribution in [1.82, 2.24) is 0 Å². The van der Waals surface area contributed by atoms with Crippen LogP contribution < -0.4 is 46.7 Å². The van der Waals surface area contributed by atoms with Crippen molar-refractivity contribution in [3.05, 3.63) is 187 Å². The van der Waals surface area contributed by atoms with Gasteiger partial charge < -0.3 is 19.3 Å². The minimum absolute atomic E-state index is 0.0557. The van der Waals surface area contributed by atoms with Crippen LogP contribution in [0.5, 0.6) is 11.5 Å².